The zero-order valence-electron chi connectivity index (χ0n) is 7.64. The predicted molar refractivity (Wildman–Crippen MR) is 50.1 cm³/mol. The molecule has 0 radical (unpaired) electrons. The van der Waals surface area contributed by atoms with E-state index in [1.807, 2.05) is 0 Å². The largest absolute Gasteiger partial charge is 0.490 e. The highest BCUT2D eigenvalue weighted by Gasteiger charge is 2.32. The molecule has 82 valence electrons. The third-order valence-corrected chi connectivity index (χ3v) is 2.24. The Morgan fingerprint density at radius 3 is 2.40 bits per heavy atom. The topological polar surface area (TPSA) is 9.23 Å². The molecule has 1 nitrogen and oxygen atoms in total. The number of benzene rings is 1. The molecule has 0 spiro atoms. The number of alkyl halides is 3. The van der Waals surface area contributed by atoms with Gasteiger partial charge in [0.25, 0.3) is 0 Å². The van der Waals surface area contributed by atoms with Gasteiger partial charge in [0, 0.05) is 5.02 Å². The van der Waals surface area contributed by atoms with E-state index in [-0.39, 0.29) is 16.9 Å². The maximum Gasteiger partial charge on any atom is 0.416 e. The Morgan fingerprint density at radius 2 is 1.87 bits per heavy atom. The first-order valence-electron chi connectivity index (χ1n) is 4.49. The summed E-state index contributed by atoms with van der Waals surface area (Å²) in [6.07, 6.45) is -2.53. The van der Waals surface area contributed by atoms with Gasteiger partial charge in [-0.3, -0.25) is 0 Å². The van der Waals surface area contributed by atoms with Crippen molar-refractivity contribution in [2.24, 2.45) is 0 Å². The molecule has 1 saturated carbocycles. The number of halogens is 4. The third kappa shape index (κ3) is 2.78. The van der Waals surface area contributed by atoms with Crippen LogP contribution in [0.4, 0.5) is 13.2 Å². The Morgan fingerprint density at radius 1 is 1.20 bits per heavy atom. The van der Waals surface area contributed by atoms with Crippen molar-refractivity contribution >= 4 is 11.6 Å². The first-order valence-corrected chi connectivity index (χ1v) is 4.87. The van der Waals surface area contributed by atoms with E-state index in [9.17, 15) is 13.2 Å². The molecule has 0 atom stereocenters. The van der Waals surface area contributed by atoms with Crippen LogP contribution in [0.1, 0.15) is 18.4 Å². The average molecular weight is 237 g/mol. The smallest absolute Gasteiger partial charge is 0.416 e. The Hall–Kier alpha value is -0.900. The summed E-state index contributed by atoms with van der Waals surface area (Å²) in [6, 6.07) is 3.26. The highest BCUT2D eigenvalue weighted by molar-refractivity contribution is 6.30. The van der Waals surface area contributed by atoms with Crippen LogP contribution in [0.15, 0.2) is 18.2 Å². The van der Waals surface area contributed by atoms with E-state index in [1.165, 1.54) is 6.07 Å². The van der Waals surface area contributed by atoms with Gasteiger partial charge in [0.1, 0.15) is 5.75 Å². The summed E-state index contributed by atoms with van der Waals surface area (Å²) >= 11 is 5.58. The van der Waals surface area contributed by atoms with Gasteiger partial charge >= 0.3 is 6.18 Å². The van der Waals surface area contributed by atoms with Crippen LogP contribution in [0.25, 0.3) is 0 Å². The van der Waals surface area contributed by atoms with Gasteiger partial charge in [-0.25, -0.2) is 0 Å². The zero-order chi connectivity index (χ0) is 11.1. The van der Waals surface area contributed by atoms with Crippen molar-refractivity contribution < 1.29 is 17.9 Å². The summed E-state index contributed by atoms with van der Waals surface area (Å²) in [6.45, 7) is 0. The number of rotatable bonds is 2. The molecule has 0 bridgehead atoms. The fourth-order valence-electron chi connectivity index (χ4n) is 1.17. The highest BCUT2D eigenvalue weighted by Crippen LogP contribution is 2.35. The van der Waals surface area contributed by atoms with Gasteiger partial charge in [-0.2, -0.15) is 13.2 Å². The summed E-state index contributed by atoms with van der Waals surface area (Å²) in [5.74, 6) is 0.192. The summed E-state index contributed by atoms with van der Waals surface area (Å²) in [5, 5.41) is 0.0421. The molecule has 0 heterocycles. The Balaban J connectivity index is 2.27. The molecular formula is C10H8ClF3O. The van der Waals surface area contributed by atoms with Crippen LogP contribution in [-0.4, -0.2) is 6.10 Å². The van der Waals surface area contributed by atoms with E-state index in [2.05, 4.69) is 0 Å². The fraction of sp³-hybridized carbons (Fsp3) is 0.400. The minimum Gasteiger partial charge on any atom is -0.490 e. The highest BCUT2D eigenvalue weighted by atomic mass is 35.5. The Bertz CT molecular complexity index is 371. The summed E-state index contributed by atoms with van der Waals surface area (Å²) < 4.78 is 42.4. The van der Waals surface area contributed by atoms with Crippen molar-refractivity contribution in [3.05, 3.63) is 28.8 Å². The van der Waals surface area contributed by atoms with Crippen LogP contribution in [-0.2, 0) is 6.18 Å². The lowest BCUT2D eigenvalue weighted by Gasteiger charge is -2.10. The summed E-state index contributed by atoms with van der Waals surface area (Å²) in [4.78, 5) is 0. The van der Waals surface area contributed by atoms with Gasteiger partial charge in [-0.1, -0.05) is 11.6 Å². The van der Waals surface area contributed by atoms with Crippen molar-refractivity contribution in [3.8, 4) is 5.75 Å². The lowest BCUT2D eigenvalue weighted by Crippen LogP contribution is -2.06. The maximum absolute atomic E-state index is 12.4. The Labute approximate surface area is 89.8 Å². The third-order valence-electron chi connectivity index (χ3n) is 2.03. The first-order chi connectivity index (χ1) is 6.95. The van der Waals surface area contributed by atoms with Crippen molar-refractivity contribution in [3.63, 3.8) is 0 Å². The van der Waals surface area contributed by atoms with E-state index < -0.39 is 11.7 Å². The van der Waals surface area contributed by atoms with Gasteiger partial charge < -0.3 is 4.74 Å². The van der Waals surface area contributed by atoms with Crippen molar-refractivity contribution in [2.75, 3.05) is 0 Å². The number of hydrogen-bond acceptors (Lipinski definition) is 1. The van der Waals surface area contributed by atoms with Gasteiger partial charge in [0.05, 0.1) is 11.7 Å². The second-order valence-corrected chi connectivity index (χ2v) is 3.93. The van der Waals surface area contributed by atoms with E-state index in [1.54, 1.807) is 0 Å². The van der Waals surface area contributed by atoms with Crippen LogP contribution >= 0.6 is 11.6 Å². The zero-order valence-corrected chi connectivity index (χ0v) is 8.40. The van der Waals surface area contributed by atoms with Gasteiger partial charge in [0.15, 0.2) is 0 Å². The quantitative estimate of drug-likeness (QED) is 0.757. The molecule has 0 saturated heterocycles. The molecule has 15 heavy (non-hydrogen) atoms. The van der Waals surface area contributed by atoms with Crippen LogP contribution in [0.5, 0.6) is 5.75 Å². The van der Waals surface area contributed by atoms with Crippen molar-refractivity contribution in [1.82, 2.24) is 0 Å². The second kappa shape index (κ2) is 3.59. The molecule has 1 aromatic carbocycles. The van der Waals surface area contributed by atoms with E-state index in [0.29, 0.717) is 0 Å². The van der Waals surface area contributed by atoms with Crippen LogP contribution < -0.4 is 4.74 Å². The van der Waals surface area contributed by atoms with Crippen LogP contribution in [0.2, 0.25) is 5.02 Å². The molecule has 0 unspecified atom stereocenters. The molecule has 5 heteroatoms. The molecule has 2 rings (SSSR count). The molecule has 1 fully saturated rings. The molecule has 1 aromatic rings. The second-order valence-electron chi connectivity index (χ2n) is 3.49. The number of ether oxygens (including phenoxy) is 1. The van der Waals surface area contributed by atoms with E-state index in [4.69, 9.17) is 16.3 Å². The van der Waals surface area contributed by atoms with Gasteiger partial charge in [0.2, 0.25) is 0 Å². The molecule has 0 aliphatic heterocycles. The van der Waals surface area contributed by atoms with E-state index in [0.717, 1.165) is 25.0 Å². The minimum atomic E-state index is -4.38. The molecule has 0 aromatic heterocycles. The van der Waals surface area contributed by atoms with Crippen LogP contribution in [0.3, 0.4) is 0 Å². The fourth-order valence-corrected chi connectivity index (χ4v) is 1.40. The molecule has 1 aliphatic carbocycles. The van der Waals surface area contributed by atoms with Gasteiger partial charge in [-0.05, 0) is 31.0 Å². The summed E-state index contributed by atoms with van der Waals surface area (Å²) in [5.41, 5.74) is -0.773. The predicted octanol–water partition coefficient (Wildman–Crippen LogP) is 3.90. The van der Waals surface area contributed by atoms with Crippen LogP contribution in [0, 0.1) is 0 Å². The lowest BCUT2D eigenvalue weighted by atomic mass is 10.2. The molecular weight excluding hydrogens is 229 g/mol. The van der Waals surface area contributed by atoms with E-state index >= 15 is 0 Å². The first kappa shape index (κ1) is 10.6. The molecule has 0 amide bonds. The van der Waals surface area contributed by atoms with Crippen molar-refractivity contribution in [1.29, 1.82) is 0 Å². The monoisotopic (exact) mass is 236 g/mol. The molecule has 1 aliphatic rings. The lowest BCUT2D eigenvalue weighted by molar-refractivity contribution is -0.137. The number of hydrogen-bond donors (Lipinski definition) is 0. The average Bonchev–Trinajstić information content (AvgIpc) is 2.85. The minimum absolute atomic E-state index is 0.0421. The SMILES string of the molecule is FC(F)(F)c1cc(Cl)cc(OC2CC2)c1. The summed E-state index contributed by atoms with van der Waals surface area (Å²) in [7, 11) is 0. The van der Waals surface area contributed by atoms with Crippen molar-refractivity contribution in [2.45, 2.75) is 25.1 Å². The van der Waals surface area contributed by atoms with Gasteiger partial charge in [-0.15, -0.1) is 0 Å². The Kier molecular flexibility index (Phi) is 2.54. The maximum atomic E-state index is 12.4. The standard InChI is InChI=1S/C10H8ClF3O/c11-7-3-6(10(12,13)14)4-9(5-7)15-8-1-2-8/h3-5,8H,1-2H2. The molecule has 0 N–H and O–H groups in total. The normalized spacial score (nSPS) is 16.5.